The fraction of sp³-hybridized carbons (Fsp3) is 0.231. The Morgan fingerprint density at radius 3 is 2.60 bits per heavy atom. The summed E-state index contributed by atoms with van der Waals surface area (Å²) in [5, 5.41) is 0. The Labute approximate surface area is 113 Å². The number of rotatable bonds is 3. The number of hydrogen-bond donors (Lipinski definition) is 2. The number of hydrogen-bond acceptors (Lipinski definition) is 4. The zero-order valence-electron chi connectivity index (χ0n) is 10.6. The summed E-state index contributed by atoms with van der Waals surface area (Å²) in [6.45, 7) is 1.70. The first-order valence-electron chi connectivity index (χ1n) is 5.84. The highest BCUT2D eigenvalue weighted by Crippen LogP contribution is 2.31. The molecule has 2 rings (SSSR count). The Kier molecular flexibility index (Phi) is 4.01. The quantitative estimate of drug-likeness (QED) is 0.670. The van der Waals surface area contributed by atoms with E-state index in [9.17, 15) is 13.2 Å². The van der Waals surface area contributed by atoms with E-state index in [0.29, 0.717) is 17.1 Å². The number of hydrazine groups is 1. The van der Waals surface area contributed by atoms with E-state index in [1.165, 1.54) is 12.3 Å². The van der Waals surface area contributed by atoms with Gasteiger partial charge in [0.25, 0.3) is 0 Å². The molecule has 0 spiro atoms. The molecule has 0 bridgehead atoms. The predicted octanol–water partition coefficient (Wildman–Crippen LogP) is 2.36. The topological polar surface area (TPSA) is 63.8 Å². The molecule has 106 valence electrons. The van der Waals surface area contributed by atoms with Gasteiger partial charge in [-0.25, -0.2) is 15.4 Å². The molecule has 0 radical (unpaired) electrons. The molecule has 0 aliphatic rings. The first-order chi connectivity index (χ1) is 9.41. The van der Waals surface area contributed by atoms with Gasteiger partial charge in [-0.1, -0.05) is 12.1 Å². The molecule has 7 heteroatoms. The van der Waals surface area contributed by atoms with Gasteiger partial charge in [0.2, 0.25) is 0 Å². The van der Waals surface area contributed by atoms with E-state index in [1.54, 1.807) is 19.1 Å². The maximum atomic E-state index is 12.7. The first-order valence-corrected chi connectivity index (χ1v) is 5.84. The van der Waals surface area contributed by atoms with E-state index in [1.807, 2.05) is 0 Å². The Bertz CT molecular complexity index is 598. The summed E-state index contributed by atoms with van der Waals surface area (Å²) in [6, 6.07) is 5.97. The Morgan fingerprint density at radius 2 is 2.00 bits per heavy atom. The Hall–Kier alpha value is -1.99. The van der Waals surface area contributed by atoms with Crippen molar-refractivity contribution in [2.45, 2.75) is 19.1 Å². The van der Waals surface area contributed by atoms with Crippen LogP contribution in [-0.4, -0.2) is 9.97 Å². The van der Waals surface area contributed by atoms with Crippen molar-refractivity contribution in [3.05, 3.63) is 59.2 Å². The first kappa shape index (κ1) is 14.4. The standard InChI is InChI=1S/C13H13F3N4/c1-8-18-6-5-11(19-8)12(20-17)9-3-2-4-10(7-9)13(14,15)16/h2-7,12,20H,17H2,1H3. The van der Waals surface area contributed by atoms with Gasteiger partial charge in [-0.2, -0.15) is 13.2 Å². The lowest BCUT2D eigenvalue weighted by Gasteiger charge is -2.17. The van der Waals surface area contributed by atoms with Gasteiger partial charge >= 0.3 is 6.18 Å². The normalized spacial score (nSPS) is 13.2. The Balaban J connectivity index is 2.42. The van der Waals surface area contributed by atoms with E-state index in [-0.39, 0.29) is 0 Å². The largest absolute Gasteiger partial charge is 0.416 e. The van der Waals surface area contributed by atoms with Crippen molar-refractivity contribution >= 4 is 0 Å². The van der Waals surface area contributed by atoms with Gasteiger partial charge in [0, 0.05) is 6.20 Å². The molecular weight excluding hydrogens is 269 g/mol. The summed E-state index contributed by atoms with van der Waals surface area (Å²) in [5.41, 5.74) is 2.66. The van der Waals surface area contributed by atoms with E-state index >= 15 is 0 Å². The maximum Gasteiger partial charge on any atom is 0.416 e. The van der Waals surface area contributed by atoms with Crippen LogP contribution in [0.5, 0.6) is 0 Å². The highest BCUT2D eigenvalue weighted by Gasteiger charge is 2.31. The molecule has 0 saturated carbocycles. The van der Waals surface area contributed by atoms with Gasteiger partial charge in [0.15, 0.2) is 0 Å². The number of aryl methyl sites for hydroxylation is 1. The second-order valence-electron chi connectivity index (χ2n) is 4.25. The molecule has 0 saturated heterocycles. The number of halogens is 3. The molecule has 3 N–H and O–H groups in total. The van der Waals surface area contributed by atoms with Crippen LogP contribution in [0.1, 0.15) is 28.7 Å². The molecule has 4 nitrogen and oxygen atoms in total. The molecule has 1 atom stereocenters. The average molecular weight is 282 g/mol. The second-order valence-corrected chi connectivity index (χ2v) is 4.25. The molecule has 1 heterocycles. The van der Waals surface area contributed by atoms with Gasteiger partial charge in [-0.15, -0.1) is 0 Å². The van der Waals surface area contributed by atoms with Crippen LogP contribution >= 0.6 is 0 Å². The van der Waals surface area contributed by atoms with E-state index in [2.05, 4.69) is 15.4 Å². The Morgan fingerprint density at radius 1 is 1.25 bits per heavy atom. The molecule has 0 amide bonds. The predicted molar refractivity (Wildman–Crippen MR) is 67.4 cm³/mol. The van der Waals surface area contributed by atoms with Crippen LogP contribution in [-0.2, 0) is 6.18 Å². The van der Waals surface area contributed by atoms with E-state index in [0.717, 1.165) is 12.1 Å². The van der Waals surface area contributed by atoms with Crippen LogP contribution in [0.3, 0.4) is 0 Å². The molecule has 20 heavy (non-hydrogen) atoms. The van der Waals surface area contributed by atoms with Crippen molar-refractivity contribution in [2.75, 3.05) is 0 Å². The lowest BCUT2D eigenvalue weighted by atomic mass is 10.0. The minimum atomic E-state index is -4.39. The van der Waals surface area contributed by atoms with Crippen molar-refractivity contribution in [1.82, 2.24) is 15.4 Å². The number of nitrogens with zero attached hydrogens (tertiary/aromatic N) is 2. The SMILES string of the molecule is Cc1nccc(C(NN)c2cccc(C(F)(F)F)c2)n1. The van der Waals surface area contributed by atoms with Crippen LogP contribution in [0, 0.1) is 6.92 Å². The second kappa shape index (κ2) is 5.56. The molecule has 1 aromatic heterocycles. The van der Waals surface area contributed by atoms with Crippen molar-refractivity contribution in [1.29, 1.82) is 0 Å². The summed E-state index contributed by atoms with van der Waals surface area (Å²) >= 11 is 0. The minimum absolute atomic E-state index is 0.389. The molecule has 0 aliphatic heterocycles. The van der Waals surface area contributed by atoms with Gasteiger partial charge in [-0.3, -0.25) is 5.84 Å². The molecule has 2 aromatic rings. The van der Waals surface area contributed by atoms with Gasteiger partial charge in [0.1, 0.15) is 5.82 Å². The van der Waals surface area contributed by atoms with Crippen LogP contribution in [0.4, 0.5) is 13.2 Å². The van der Waals surface area contributed by atoms with Gasteiger partial charge in [0.05, 0.1) is 17.3 Å². The summed E-state index contributed by atoms with van der Waals surface area (Å²) in [4.78, 5) is 8.13. The third kappa shape index (κ3) is 3.12. The smallest absolute Gasteiger partial charge is 0.271 e. The van der Waals surface area contributed by atoms with Crippen molar-refractivity contribution in [3.8, 4) is 0 Å². The average Bonchev–Trinajstić information content (AvgIpc) is 2.39. The van der Waals surface area contributed by atoms with Gasteiger partial charge < -0.3 is 0 Å². The summed E-state index contributed by atoms with van der Waals surface area (Å²) in [7, 11) is 0. The fourth-order valence-electron chi connectivity index (χ4n) is 1.88. The molecule has 1 aromatic carbocycles. The van der Waals surface area contributed by atoms with Gasteiger partial charge in [-0.05, 0) is 30.7 Å². The van der Waals surface area contributed by atoms with Crippen molar-refractivity contribution in [2.24, 2.45) is 5.84 Å². The number of aromatic nitrogens is 2. The summed E-state index contributed by atoms with van der Waals surface area (Å²) < 4.78 is 38.2. The van der Waals surface area contributed by atoms with Crippen LogP contribution < -0.4 is 11.3 Å². The molecular formula is C13H13F3N4. The number of nitrogens with two attached hydrogens (primary N) is 1. The lowest BCUT2D eigenvalue weighted by molar-refractivity contribution is -0.137. The fourth-order valence-corrected chi connectivity index (χ4v) is 1.88. The number of alkyl halides is 3. The van der Waals surface area contributed by atoms with Crippen LogP contribution in [0.15, 0.2) is 36.5 Å². The highest BCUT2D eigenvalue weighted by atomic mass is 19.4. The van der Waals surface area contributed by atoms with Crippen LogP contribution in [0.2, 0.25) is 0 Å². The van der Waals surface area contributed by atoms with E-state index < -0.39 is 17.8 Å². The zero-order chi connectivity index (χ0) is 14.8. The summed E-state index contributed by atoms with van der Waals surface area (Å²) in [5.74, 6) is 5.98. The minimum Gasteiger partial charge on any atom is -0.271 e. The monoisotopic (exact) mass is 282 g/mol. The molecule has 0 fully saturated rings. The molecule has 1 unspecified atom stereocenters. The van der Waals surface area contributed by atoms with E-state index in [4.69, 9.17) is 5.84 Å². The third-order valence-electron chi connectivity index (χ3n) is 2.81. The number of nitrogens with one attached hydrogen (secondary N) is 1. The zero-order valence-corrected chi connectivity index (χ0v) is 10.6. The highest BCUT2D eigenvalue weighted by molar-refractivity contribution is 5.32. The third-order valence-corrected chi connectivity index (χ3v) is 2.81. The van der Waals surface area contributed by atoms with Crippen molar-refractivity contribution in [3.63, 3.8) is 0 Å². The van der Waals surface area contributed by atoms with Crippen LogP contribution in [0.25, 0.3) is 0 Å². The molecule has 0 aliphatic carbocycles. The lowest BCUT2D eigenvalue weighted by Crippen LogP contribution is -2.30. The van der Waals surface area contributed by atoms with Crippen molar-refractivity contribution < 1.29 is 13.2 Å². The number of benzene rings is 1. The summed E-state index contributed by atoms with van der Waals surface area (Å²) in [6.07, 6.45) is -2.85. The maximum absolute atomic E-state index is 12.7.